The molecule has 0 fully saturated rings. The summed E-state index contributed by atoms with van der Waals surface area (Å²) >= 11 is 0. The van der Waals surface area contributed by atoms with Gasteiger partial charge < -0.3 is 10.1 Å². The fraction of sp³-hybridized carbons (Fsp3) is 0.417. The number of amides is 1. The Balaban J connectivity index is 2.16. The molecule has 0 bridgehead atoms. The second-order valence-corrected chi connectivity index (χ2v) is 9.78. The minimum atomic E-state index is -3.70. The van der Waals surface area contributed by atoms with Crippen LogP contribution in [0.5, 0.6) is 0 Å². The number of carbonyl (C=O) groups is 2. The molecule has 0 radical (unpaired) electrons. The lowest BCUT2D eigenvalue weighted by atomic mass is 10.0. The summed E-state index contributed by atoms with van der Waals surface area (Å²) in [5.74, 6) is -1.29. The molecule has 0 aliphatic carbocycles. The summed E-state index contributed by atoms with van der Waals surface area (Å²) in [6.45, 7) is 9.84. The number of hydrogen-bond donors (Lipinski definition) is 1. The molecule has 2 rings (SSSR count). The minimum absolute atomic E-state index is 0.0390. The van der Waals surface area contributed by atoms with E-state index in [2.05, 4.69) is 5.32 Å². The van der Waals surface area contributed by atoms with Crippen molar-refractivity contribution in [1.29, 1.82) is 0 Å². The fourth-order valence-electron chi connectivity index (χ4n) is 3.24. The van der Waals surface area contributed by atoms with Crippen LogP contribution in [0, 0.1) is 12.8 Å². The number of nitrogens with one attached hydrogen (secondary N) is 1. The molecule has 0 saturated heterocycles. The van der Waals surface area contributed by atoms with Crippen molar-refractivity contribution in [2.24, 2.45) is 5.92 Å². The molecule has 1 amide bonds. The van der Waals surface area contributed by atoms with Crippen LogP contribution in [0.4, 0.5) is 0 Å². The molecule has 7 nitrogen and oxygen atoms in total. The van der Waals surface area contributed by atoms with Gasteiger partial charge in [-0.2, -0.15) is 4.31 Å². The molecule has 0 aliphatic rings. The third-order valence-corrected chi connectivity index (χ3v) is 7.32. The van der Waals surface area contributed by atoms with Crippen LogP contribution in [0.15, 0.2) is 53.4 Å². The monoisotopic (exact) mass is 460 g/mol. The van der Waals surface area contributed by atoms with Gasteiger partial charge in [-0.15, -0.1) is 0 Å². The van der Waals surface area contributed by atoms with Gasteiger partial charge in [0.2, 0.25) is 10.0 Å². The fourth-order valence-corrected chi connectivity index (χ4v) is 4.75. The topological polar surface area (TPSA) is 92.8 Å². The number of carbonyl (C=O) groups excluding carboxylic acids is 2. The highest BCUT2D eigenvalue weighted by Gasteiger charge is 2.27. The molecule has 0 spiro atoms. The lowest BCUT2D eigenvalue weighted by Gasteiger charge is -2.22. The highest BCUT2D eigenvalue weighted by atomic mass is 32.2. The third kappa shape index (κ3) is 6.17. The predicted octanol–water partition coefficient (Wildman–Crippen LogP) is 3.52. The summed E-state index contributed by atoms with van der Waals surface area (Å²) < 4.78 is 32.3. The number of nitrogens with zero attached hydrogens (tertiary/aromatic N) is 1. The third-order valence-electron chi connectivity index (χ3n) is 5.28. The first-order chi connectivity index (χ1) is 15.1. The van der Waals surface area contributed by atoms with Crippen molar-refractivity contribution in [3.63, 3.8) is 0 Å². The maximum atomic E-state index is 12.9. The van der Waals surface area contributed by atoms with E-state index in [1.54, 1.807) is 27.7 Å². The van der Waals surface area contributed by atoms with Gasteiger partial charge in [0.05, 0.1) is 4.90 Å². The van der Waals surface area contributed by atoms with E-state index < -0.39 is 27.9 Å². The highest BCUT2D eigenvalue weighted by molar-refractivity contribution is 7.89. The molecule has 0 aromatic heterocycles. The molecule has 174 valence electrons. The zero-order valence-electron chi connectivity index (χ0n) is 19.3. The van der Waals surface area contributed by atoms with Crippen LogP contribution in [-0.2, 0) is 26.2 Å². The number of rotatable bonds is 10. The van der Waals surface area contributed by atoms with Crippen LogP contribution in [0.2, 0.25) is 0 Å². The lowest BCUT2D eigenvalue weighted by Crippen LogP contribution is -2.45. The molecular weight excluding hydrogens is 428 g/mol. The molecule has 32 heavy (non-hydrogen) atoms. The predicted molar refractivity (Wildman–Crippen MR) is 124 cm³/mol. The quantitative estimate of drug-likeness (QED) is 0.548. The number of sulfonamides is 1. The Morgan fingerprint density at radius 2 is 1.69 bits per heavy atom. The van der Waals surface area contributed by atoms with Crippen LogP contribution >= 0.6 is 0 Å². The summed E-state index contributed by atoms with van der Waals surface area (Å²) in [4.78, 5) is 25.6. The maximum Gasteiger partial charge on any atom is 0.329 e. The Kier molecular flexibility index (Phi) is 8.98. The van der Waals surface area contributed by atoms with Crippen LogP contribution in [0.3, 0.4) is 0 Å². The van der Waals surface area contributed by atoms with E-state index in [-0.39, 0.29) is 23.0 Å². The Labute approximate surface area is 190 Å². The molecule has 1 atom stereocenters. The SMILES string of the molecule is CCN(CC)S(=O)(=O)c1cccc(C(=O)N[C@H](C(=O)OCc2ccccc2C)C(C)C)c1. The molecule has 0 saturated carbocycles. The lowest BCUT2D eigenvalue weighted by molar-refractivity contribution is -0.148. The molecule has 8 heteroatoms. The Morgan fingerprint density at radius 1 is 1.03 bits per heavy atom. The normalized spacial score (nSPS) is 12.6. The maximum absolute atomic E-state index is 12.9. The second kappa shape index (κ2) is 11.2. The van der Waals surface area contributed by atoms with Gasteiger partial charge in [0.15, 0.2) is 0 Å². The van der Waals surface area contributed by atoms with Crippen molar-refractivity contribution in [1.82, 2.24) is 9.62 Å². The first-order valence-electron chi connectivity index (χ1n) is 10.7. The smallest absolute Gasteiger partial charge is 0.329 e. The Hall–Kier alpha value is -2.71. The van der Waals surface area contributed by atoms with Crippen LogP contribution in [-0.4, -0.2) is 43.7 Å². The van der Waals surface area contributed by atoms with Crippen LogP contribution in [0.1, 0.15) is 49.2 Å². The summed E-state index contributed by atoms with van der Waals surface area (Å²) in [6.07, 6.45) is 0. The van der Waals surface area contributed by atoms with Crippen molar-refractivity contribution in [2.75, 3.05) is 13.1 Å². The highest BCUT2D eigenvalue weighted by Crippen LogP contribution is 2.18. The Morgan fingerprint density at radius 3 is 2.28 bits per heavy atom. The number of aryl methyl sites for hydroxylation is 1. The van der Waals surface area contributed by atoms with E-state index in [1.807, 2.05) is 31.2 Å². The van der Waals surface area contributed by atoms with Crippen LogP contribution in [0.25, 0.3) is 0 Å². The van der Waals surface area contributed by atoms with E-state index >= 15 is 0 Å². The van der Waals surface area contributed by atoms with Gasteiger partial charge in [-0.05, 0) is 42.2 Å². The average molecular weight is 461 g/mol. The summed E-state index contributed by atoms with van der Waals surface area (Å²) in [5, 5.41) is 2.70. The number of ether oxygens (including phenoxy) is 1. The van der Waals surface area contributed by atoms with E-state index in [1.165, 1.54) is 28.6 Å². The molecule has 2 aromatic rings. The molecular formula is C24H32N2O5S. The molecule has 0 aliphatic heterocycles. The zero-order valence-corrected chi connectivity index (χ0v) is 20.1. The first-order valence-corrected chi connectivity index (χ1v) is 12.2. The van der Waals surface area contributed by atoms with Crippen molar-refractivity contribution in [2.45, 2.75) is 52.2 Å². The van der Waals surface area contributed by atoms with Gasteiger partial charge in [0.25, 0.3) is 5.91 Å². The number of hydrogen-bond acceptors (Lipinski definition) is 5. The largest absolute Gasteiger partial charge is 0.459 e. The van der Waals surface area contributed by atoms with Gasteiger partial charge in [-0.3, -0.25) is 4.79 Å². The van der Waals surface area contributed by atoms with Gasteiger partial charge in [-0.25, -0.2) is 13.2 Å². The first kappa shape index (κ1) is 25.5. The number of esters is 1. The molecule has 2 aromatic carbocycles. The standard InChI is InChI=1S/C24H32N2O5S/c1-6-26(7-2)32(29,30)21-14-10-13-19(15-21)23(27)25-22(17(3)4)24(28)31-16-20-12-9-8-11-18(20)5/h8-15,17,22H,6-7,16H2,1-5H3,(H,25,27)/t22-/m0/s1. The van der Waals surface area contributed by atoms with Crippen molar-refractivity contribution in [3.05, 3.63) is 65.2 Å². The van der Waals surface area contributed by atoms with Gasteiger partial charge in [0, 0.05) is 18.7 Å². The second-order valence-electron chi connectivity index (χ2n) is 7.85. The van der Waals surface area contributed by atoms with Gasteiger partial charge in [-0.1, -0.05) is 58.0 Å². The summed E-state index contributed by atoms with van der Waals surface area (Å²) in [7, 11) is -3.70. The van der Waals surface area contributed by atoms with E-state index in [0.717, 1.165) is 11.1 Å². The molecule has 1 N–H and O–H groups in total. The van der Waals surface area contributed by atoms with E-state index in [4.69, 9.17) is 4.74 Å². The summed E-state index contributed by atoms with van der Waals surface area (Å²) in [6, 6.07) is 12.6. The Bertz CT molecular complexity index is 1050. The van der Waals surface area contributed by atoms with Crippen molar-refractivity contribution < 1.29 is 22.7 Å². The van der Waals surface area contributed by atoms with Gasteiger partial charge >= 0.3 is 5.97 Å². The average Bonchev–Trinajstić information content (AvgIpc) is 2.77. The zero-order chi connectivity index (χ0) is 23.9. The van der Waals surface area contributed by atoms with Crippen LogP contribution < -0.4 is 5.32 Å². The van der Waals surface area contributed by atoms with E-state index in [0.29, 0.717) is 13.1 Å². The summed E-state index contributed by atoms with van der Waals surface area (Å²) in [5.41, 5.74) is 2.07. The van der Waals surface area contributed by atoms with Gasteiger partial charge in [0.1, 0.15) is 12.6 Å². The molecule has 0 unspecified atom stereocenters. The molecule has 0 heterocycles. The van der Waals surface area contributed by atoms with Crippen molar-refractivity contribution in [3.8, 4) is 0 Å². The minimum Gasteiger partial charge on any atom is -0.459 e. The van der Waals surface area contributed by atoms with E-state index in [9.17, 15) is 18.0 Å². The van der Waals surface area contributed by atoms with Crippen molar-refractivity contribution >= 4 is 21.9 Å². The number of benzene rings is 2.